The van der Waals surface area contributed by atoms with E-state index in [1.165, 1.54) is 5.56 Å². The maximum atomic E-state index is 6.20. The van der Waals surface area contributed by atoms with E-state index < -0.39 is 0 Å². The zero-order valence-corrected chi connectivity index (χ0v) is 12.8. The first-order valence-corrected chi connectivity index (χ1v) is 7.18. The predicted molar refractivity (Wildman–Crippen MR) is 87.5 cm³/mol. The van der Waals surface area contributed by atoms with Crippen molar-refractivity contribution in [3.8, 4) is 5.75 Å². The summed E-state index contributed by atoms with van der Waals surface area (Å²) in [4.78, 5) is 0.343. The first-order valence-electron chi connectivity index (χ1n) is 6.40. The summed E-state index contributed by atoms with van der Waals surface area (Å²) in [6, 6.07) is 13.6. The van der Waals surface area contributed by atoms with Gasteiger partial charge in [-0.25, -0.2) is 0 Å². The molecule has 20 heavy (non-hydrogen) atoms. The first-order chi connectivity index (χ1) is 9.60. The molecule has 4 heteroatoms. The second-order valence-corrected chi connectivity index (χ2v) is 5.31. The van der Waals surface area contributed by atoms with Gasteiger partial charge in [-0.3, -0.25) is 0 Å². The Morgan fingerprint density at radius 3 is 2.70 bits per heavy atom. The Labute approximate surface area is 129 Å². The molecule has 0 fully saturated rings. The second kappa shape index (κ2) is 6.73. The van der Waals surface area contributed by atoms with Crippen LogP contribution in [0, 0.1) is 0 Å². The second-order valence-electron chi connectivity index (χ2n) is 4.46. The summed E-state index contributed by atoms with van der Waals surface area (Å²) in [6.45, 7) is 2.54. The average Bonchev–Trinajstić information content (AvgIpc) is 2.46. The Balaban J connectivity index is 2.08. The van der Waals surface area contributed by atoms with Crippen molar-refractivity contribution >= 4 is 28.8 Å². The molecule has 2 nitrogen and oxygen atoms in total. The molecule has 0 radical (unpaired) electrons. The summed E-state index contributed by atoms with van der Waals surface area (Å²) in [7, 11) is 0. The molecule has 0 amide bonds. The predicted octanol–water partition coefficient (Wildman–Crippen LogP) is 4.12. The van der Waals surface area contributed by atoms with Crippen molar-refractivity contribution in [2.75, 3.05) is 0 Å². The number of hydrogen-bond acceptors (Lipinski definition) is 2. The lowest BCUT2D eigenvalue weighted by Crippen LogP contribution is -2.09. The van der Waals surface area contributed by atoms with Crippen molar-refractivity contribution in [3.05, 3.63) is 64.2 Å². The highest BCUT2D eigenvalue weighted by atomic mass is 35.5. The molecular formula is C16H16ClNOS. The molecule has 0 aliphatic rings. The van der Waals surface area contributed by atoms with E-state index in [9.17, 15) is 0 Å². The van der Waals surface area contributed by atoms with Gasteiger partial charge in [0, 0.05) is 16.1 Å². The third kappa shape index (κ3) is 3.71. The number of ether oxygens (including phenoxy) is 1. The van der Waals surface area contributed by atoms with Gasteiger partial charge in [-0.2, -0.15) is 0 Å². The van der Waals surface area contributed by atoms with Crippen LogP contribution in [0.25, 0.3) is 0 Å². The van der Waals surface area contributed by atoms with Crippen molar-refractivity contribution in [1.29, 1.82) is 0 Å². The van der Waals surface area contributed by atoms with Gasteiger partial charge in [0.1, 0.15) is 17.3 Å². The molecule has 0 unspecified atom stereocenters. The SMILES string of the molecule is CCc1cccc(OCc2ccc(C(N)=S)cc2Cl)c1. The van der Waals surface area contributed by atoms with E-state index >= 15 is 0 Å². The van der Waals surface area contributed by atoms with Crippen LogP contribution in [0.2, 0.25) is 5.02 Å². The third-order valence-electron chi connectivity index (χ3n) is 3.04. The molecule has 104 valence electrons. The molecule has 0 aromatic heterocycles. The van der Waals surface area contributed by atoms with Crippen LogP contribution >= 0.6 is 23.8 Å². The maximum Gasteiger partial charge on any atom is 0.120 e. The number of nitrogens with two attached hydrogens (primary N) is 1. The molecule has 2 aromatic rings. The van der Waals surface area contributed by atoms with Gasteiger partial charge in [-0.1, -0.05) is 55.0 Å². The molecule has 2 aromatic carbocycles. The van der Waals surface area contributed by atoms with Crippen LogP contribution in [0.4, 0.5) is 0 Å². The van der Waals surface area contributed by atoms with E-state index in [-0.39, 0.29) is 0 Å². The minimum atomic E-state index is 0.343. The summed E-state index contributed by atoms with van der Waals surface area (Å²) in [5.74, 6) is 0.846. The van der Waals surface area contributed by atoms with Gasteiger partial charge >= 0.3 is 0 Å². The molecule has 0 bridgehead atoms. The quantitative estimate of drug-likeness (QED) is 0.844. The number of aryl methyl sites for hydroxylation is 1. The molecule has 0 saturated heterocycles. The summed E-state index contributed by atoms with van der Waals surface area (Å²) >= 11 is 11.1. The summed E-state index contributed by atoms with van der Waals surface area (Å²) in [6.07, 6.45) is 0.987. The molecular weight excluding hydrogens is 290 g/mol. The summed E-state index contributed by atoms with van der Waals surface area (Å²) < 4.78 is 5.77. The van der Waals surface area contributed by atoms with Gasteiger partial charge < -0.3 is 10.5 Å². The topological polar surface area (TPSA) is 35.2 Å². The van der Waals surface area contributed by atoms with Crippen LogP contribution in [0.3, 0.4) is 0 Å². The zero-order valence-electron chi connectivity index (χ0n) is 11.2. The lowest BCUT2D eigenvalue weighted by atomic mass is 10.1. The van der Waals surface area contributed by atoms with Crippen molar-refractivity contribution < 1.29 is 4.74 Å². The van der Waals surface area contributed by atoms with Gasteiger partial charge in [-0.05, 0) is 30.2 Å². The molecule has 0 aliphatic carbocycles. The Morgan fingerprint density at radius 2 is 2.05 bits per heavy atom. The van der Waals surface area contributed by atoms with Crippen LogP contribution in [0.1, 0.15) is 23.6 Å². The van der Waals surface area contributed by atoms with Crippen LogP contribution < -0.4 is 10.5 Å². The maximum absolute atomic E-state index is 6.20. The number of halogens is 1. The smallest absolute Gasteiger partial charge is 0.120 e. The van der Waals surface area contributed by atoms with E-state index in [4.69, 9.17) is 34.3 Å². The fourth-order valence-corrected chi connectivity index (χ4v) is 2.20. The third-order valence-corrected chi connectivity index (χ3v) is 3.63. The fourth-order valence-electron chi connectivity index (χ4n) is 1.83. The monoisotopic (exact) mass is 305 g/mol. The molecule has 0 heterocycles. The standard InChI is InChI=1S/C16H16ClNOS/c1-2-11-4-3-5-14(8-11)19-10-13-7-6-12(16(18)20)9-15(13)17/h3-9H,2,10H2,1H3,(H2,18,20). The summed E-state index contributed by atoms with van der Waals surface area (Å²) in [5.41, 5.74) is 8.50. The van der Waals surface area contributed by atoms with Gasteiger partial charge in [0.05, 0.1) is 0 Å². The highest BCUT2D eigenvalue weighted by molar-refractivity contribution is 7.80. The van der Waals surface area contributed by atoms with Crippen molar-refractivity contribution in [3.63, 3.8) is 0 Å². The molecule has 2 rings (SSSR count). The minimum absolute atomic E-state index is 0.343. The van der Waals surface area contributed by atoms with Crippen LogP contribution in [-0.4, -0.2) is 4.99 Å². The molecule has 0 saturated carbocycles. The lowest BCUT2D eigenvalue weighted by Gasteiger charge is -2.10. The zero-order chi connectivity index (χ0) is 14.5. The van der Waals surface area contributed by atoms with E-state index in [1.54, 1.807) is 6.07 Å². The van der Waals surface area contributed by atoms with Crippen molar-refractivity contribution in [2.45, 2.75) is 20.0 Å². The number of hydrogen-bond donors (Lipinski definition) is 1. The van der Waals surface area contributed by atoms with Gasteiger partial charge in [0.25, 0.3) is 0 Å². The fraction of sp³-hybridized carbons (Fsp3) is 0.188. The molecule has 0 aliphatic heterocycles. The first kappa shape index (κ1) is 14.8. The Bertz CT molecular complexity index is 628. The largest absolute Gasteiger partial charge is 0.489 e. The van der Waals surface area contributed by atoms with E-state index in [2.05, 4.69) is 13.0 Å². The number of benzene rings is 2. The Hall–Kier alpha value is -1.58. The average molecular weight is 306 g/mol. The molecule has 2 N–H and O–H groups in total. The molecule has 0 atom stereocenters. The summed E-state index contributed by atoms with van der Waals surface area (Å²) in [5, 5.41) is 0.613. The minimum Gasteiger partial charge on any atom is -0.489 e. The van der Waals surface area contributed by atoms with Crippen molar-refractivity contribution in [1.82, 2.24) is 0 Å². The molecule has 0 spiro atoms. The van der Waals surface area contributed by atoms with E-state index in [0.29, 0.717) is 16.6 Å². The number of rotatable bonds is 5. The van der Waals surface area contributed by atoms with Crippen LogP contribution in [0.5, 0.6) is 5.75 Å². The number of thiocarbonyl (C=S) groups is 1. The van der Waals surface area contributed by atoms with Gasteiger partial charge in [0.15, 0.2) is 0 Å². The van der Waals surface area contributed by atoms with Gasteiger partial charge in [0.2, 0.25) is 0 Å². The van der Waals surface area contributed by atoms with Gasteiger partial charge in [-0.15, -0.1) is 0 Å². The normalized spacial score (nSPS) is 10.3. The Kier molecular flexibility index (Phi) is 4.99. The lowest BCUT2D eigenvalue weighted by molar-refractivity contribution is 0.306. The highest BCUT2D eigenvalue weighted by Crippen LogP contribution is 2.21. The van der Waals surface area contributed by atoms with Crippen LogP contribution in [-0.2, 0) is 13.0 Å². The van der Waals surface area contributed by atoms with E-state index in [0.717, 1.165) is 23.3 Å². The van der Waals surface area contributed by atoms with Crippen LogP contribution in [0.15, 0.2) is 42.5 Å². The Morgan fingerprint density at radius 1 is 1.25 bits per heavy atom. The van der Waals surface area contributed by atoms with E-state index in [1.807, 2.05) is 30.3 Å². The van der Waals surface area contributed by atoms with Crippen molar-refractivity contribution in [2.24, 2.45) is 5.73 Å². The highest BCUT2D eigenvalue weighted by Gasteiger charge is 2.05.